The van der Waals surface area contributed by atoms with E-state index in [2.05, 4.69) is 15.3 Å². The number of hydrogen-bond donors (Lipinski definition) is 2. The monoisotopic (exact) mass is 289 g/mol. The average molecular weight is 289 g/mol. The maximum Gasteiger partial charge on any atom is 0.252 e. The number of aryl methyl sites for hydroxylation is 1. The molecule has 2 rings (SSSR count). The Morgan fingerprint density at radius 2 is 2.05 bits per heavy atom. The van der Waals surface area contributed by atoms with Crippen molar-refractivity contribution in [3.63, 3.8) is 0 Å². The summed E-state index contributed by atoms with van der Waals surface area (Å²) in [6.07, 6.45) is 1.69. The topological polar surface area (TPSA) is 76.2 Å². The molecule has 0 aliphatic rings. The van der Waals surface area contributed by atoms with E-state index in [1.165, 1.54) is 6.07 Å². The quantitative estimate of drug-likeness (QED) is 0.854. The molecule has 0 saturated carbocycles. The van der Waals surface area contributed by atoms with Crippen molar-refractivity contribution in [2.24, 2.45) is 0 Å². The van der Waals surface area contributed by atoms with E-state index in [9.17, 15) is 4.79 Å². The number of methoxy groups -OCH3 is 2. The Balaban J connectivity index is 2.31. The summed E-state index contributed by atoms with van der Waals surface area (Å²) in [5.41, 5.74) is 1.29. The van der Waals surface area contributed by atoms with E-state index in [1.54, 1.807) is 26.4 Å². The average Bonchev–Trinajstić information content (AvgIpc) is 2.47. The van der Waals surface area contributed by atoms with Crippen LogP contribution in [0.3, 0.4) is 0 Å². The van der Waals surface area contributed by atoms with Crippen molar-refractivity contribution >= 4 is 11.6 Å². The zero-order chi connectivity index (χ0) is 15.2. The lowest BCUT2D eigenvalue weighted by atomic mass is 10.2. The second kappa shape index (κ2) is 6.78. The third-order valence-corrected chi connectivity index (χ3v) is 2.96. The first-order valence-corrected chi connectivity index (χ1v) is 6.75. The molecule has 1 aromatic carbocycles. The van der Waals surface area contributed by atoms with E-state index >= 15 is 0 Å². The maximum absolute atomic E-state index is 11.6. The number of aromatic amines is 1. The Labute approximate surface area is 123 Å². The molecule has 0 amide bonds. The molecule has 2 aromatic rings. The van der Waals surface area contributed by atoms with Crippen molar-refractivity contribution < 1.29 is 9.47 Å². The van der Waals surface area contributed by atoms with Crippen LogP contribution in [-0.4, -0.2) is 24.2 Å². The number of aromatic nitrogens is 2. The molecule has 0 aliphatic carbocycles. The van der Waals surface area contributed by atoms with Crippen LogP contribution in [0.5, 0.6) is 11.5 Å². The molecule has 0 aliphatic heterocycles. The number of hydrogen-bond acceptors (Lipinski definition) is 5. The van der Waals surface area contributed by atoms with Crippen LogP contribution in [0.4, 0.5) is 11.6 Å². The normalized spacial score (nSPS) is 10.2. The Morgan fingerprint density at radius 1 is 1.24 bits per heavy atom. The molecule has 21 heavy (non-hydrogen) atoms. The predicted octanol–water partition coefficient (Wildman–Crippen LogP) is 2.48. The van der Waals surface area contributed by atoms with Gasteiger partial charge in [-0.3, -0.25) is 9.78 Å². The summed E-state index contributed by atoms with van der Waals surface area (Å²) in [4.78, 5) is 18.7. The van der Waals surface area contributed by atoms with Gasteiger partial charge in [-0.2, -0.15) is 0 Å². The van der Waals surface area contributed by atoms with Gasteiger partial charge in [0.25, 0.3) is 5.56 Å². The molecule has 0 saturated heterocycles. The van der Waals surface area contributed by atoms with E-state index in [1.807, 2.05) is 13.0 Å². The van der Waals surface area contributed by atoms with Crippen LogP contribution in [0.2, 0.25) is 0 Å². The van der Waals surface area contributed by atoms with Crippen LogP contribution in [0.25, 0.3) is 0 Å². The molecule has 0 atom stereocenters. The summed E-state index contributed by atoms with van der Waals surface area (Å²) in [6.45, 7) is 2.04. The molecule has 0 unspecified atom stereocenters. The number of ether oxygens (including phenoxy) is 2. The zero-order valence-electron chi connectivity index (χ0n) is 12.4. The van der Waals surface area contributed by atoms with Crippen LogP contribution in [0.15, 0.2) is 29.1 Å². The first kappa shape index (κ1) is 14.9. The summed E-state index contributed by atoms with van der Waals surface area (Å²) >= 11 is 0. The van der Waals surface area contributed by atoms with Crippen LogP contribution >= 0.6 is 0 Å². The van der Waals surface area contributed by atoms with E-state index in [4.69, 9.17) is 9.47 Å². The number of benzene rings is 1. The SMILES string of the molecule is CCCc1cc(=O)[nH]c(Nc2ccc(OC)cc2OC)n1. The van der Waals surface area contributed by atoms with Crippen LogP contribution in [0.1, 0.15) is 19.0 Å². The summed E-state index contributed by atoms with van der Waals surface area (Å²) in [6, 6.07) is 6.89. The maximum atomic E-state index is 11.6. The van der Waals surface area contributed by atoms with Gasteiger partial charge in [0.15, 0.2) is 0 Å². The first-order valence-electron chi connectivity index (χ1n) is 6.75. The largest absolute Gasteiger partial charge is 0.497 e. The highest BCUT2D eigenvalue weighted by molar-refractivity contribution is 5.64. The van der Waals surface area contributed by atoms with E-state index in [0.29, 0.717) is 23.1 Å². The van der Waals surface area contributed by atoms with E-state index in [-0.39, 0.29) is 5.56 Å². The van der Waals surface area contributed by atoms with Gasteiger partial charge in [-0.15, -0.1) is 0 Å². The molecule has 6 heteroatoms. The van der Waals surface area contributed by atoms with Gasteiger partial charge in [0, 0.05) is 17.8 Å². The molecule has 6 nitrogen and oxygen atoms in total. The van der Waals surface area contributed by atoms with E-state index in [0.717, 1.165) is 18.5 Å². The minimum atomic E-state index is -0.177. The first-order chi connectivity index (χ1) is 10.2. The van der Waals surface area contributed by atoms with Gasteiger partial charge < -0.3 is 14.8 Å². The van der Waals surface area contributed by atoms with Gasteiger partial charge >= 0.3 is 0 Å². The summed E-state index contributed by atoms with van der Waals surface area (Å²) in [5, 5.41) is 3.07. The third-order valence-electron chi connectivity index (χ3n) is 2.96. The standard InChI is InChI=1S/C15H19N3O3/c1-4-5-10-8-14(19)18-15(16-10)17-12-7-6-11(20-2)9-13(12)21-3/h6-9H,4-5H2,1-3H3,(H2,16,17,18,19). The van der Waals surface area contributed by atoms with Gasteiger partial charge in [-0.25, -0.2) is 4.98 Å². The Bertz CT molecular complexity index is 667. The summed E-state index contributed by atoms with van der Waals surface area (Å²) < 4.78 is 10.5. The molecular weight excluding hydrogens is 270 g/mol. The van der Waals surface area contributed by atoms with Crippen LogP contribution < -0.4 is 20.3 Å². The van der Waals surface area contributed by atoms with Crippen molar-refractivity contribution in [2.45, 2.75) is 19.8 Å². The lowest BCUT2D eigenvalue weighted by Gasteiger charge is -2.12. The van der Waals surface area contributed by atoms with Gasteiger partial charge in [0.1, 0.15) is 11.5 Å². The summed E-state index contributed by atoms with van der Waals surface area (Å²) in [7, 11) is 3.17. The molecule has 0 spiro atoms. The Morgan fingerprint density at radius 3 is 2.71 bits per heavy atom. The van der Waals surface area contributed by atoms with Crippen molar-refractivity contribution in [1.82, 2.24) is 9.97 Å². The van der Waals surface area contributed by atoms with Crippen molar-refractivity contribution in [3.05, 3.63) is 40.3 Å². The highest BCUT2D eigenvalue weighted by Crippen LogP contribution is 2.30. The molecule has 2 N–H and O–H groups in total. The molecule has 0 fully saturated rings. The lowest BCUT2D eigenvalue weighted by molar-refractivity contribution is 0.395. The van der Waals surface area contributed by atoms with Gasteiger partial charge in [0.05, 0.1) is 19.9 Å². The van der Waals surface area contributed by atoms with Crippen molar-refractivity contribution in [1.29, 1.82) is 0 Å². The number of H-pyrrole nitrogens is 1. The Kier molecular flexibility index (Phi) is 4.81. The summed E-state index contributed by atoms with van der Waals surface area (Å²) in [5.74, 6) is 1.70. The third kappa shape index (κ3) is 3.75. The predicted molar refractivity (Wildman–Crippen MR) is 81.7 cm³/mol. The molecule has 112 valence electrons. The Hall–Kier alpha value is -2.50. The second-order valence-electron chi connectivity index (χ2n) is 4.53. The minimum Gasteiger partial charge on any atom is -0.497 e. The minimum absolute atomic E-state index is 0.177. The fraction of sp³-hybridized carbons (Fsp3) is 0.333. The number of anilines is 2. The molecule has 0 bridgehead atoms. The van der Waals surface area contributed by atoms with Gasteiger partial charge in [0.2, 0.25) is 5.95 Å². The number of nitrogens with one attached hydrogen (secondary N) is 2. The van der Waals surface area contributed by atoms with Crippen LogP contribution in [0, 0.1) is 0 Å². The second-order valence-corrected chi connectivity index (χ2v) is 4.53. The highest BCUT2D eigenvalue weighted by atomic mass is 16.5. The van der Waals surface area contributed by atoms with Crippen molar-refractivity contribution in [2.75, 3.05) is 19.5 Å². The molecule has 0 radical (unpaired) electrons. The fourth-order valence-electron chi connectivity index (χ4n) is 1.98. The fourth-order valence-corrected chi connectivity index (χ4v) is 1.98. The van der Waals surface area contributed by atoms with E-state index < -0.39 is 0 Å². The molecular formula is C15H19N3O3. The van der Waals surface area contributed by atoms with Gasteiger partial charge in [-0.1, -0.05) is 13.3 Å². The highest BCUT2D eigenvalue weighted by Gasteiger charge is 2.07. The molecule has 1 aromatic heterocycles. The molecule has 1 heterocycles. The van der Waals surface area contributed by atoms with Gasteiger partial charge in [-0.05, 0) is 18.6 Å². The number of rotatable bonds is 6. The smallest absolute Gasteiger partial charge is 0.252 e. The lowest BCUT2D eigenvalue weighted by Crippen LogP contribution is -2.12. The number of nitrogens with zero attached hydrogens (tertiary/aromatic N) is 1. The van der Waals surface area contributed by atoms with Crippen molar-refractivity contribution in [3.8, 4) is 11.5 Å². The van der Waals surface area contributed by atoms with Crippen LogP contribution in [-0.2, 0) is 6.42 Å². The zero-order valence-corrected chi connectivity index (χ0v) is 12.4.